The van der Waals surface area contributed by atoms with Crippen molar-refractivity contribution >= 4 is 11.6 Å². The van der Waals surface area contributed by atoms with Crippen LogP contribution in [0.25, 0.3) is 0 Å². The summed E-state index contributed by atoms with van der Waals surface area (Å²) < 4.78 is 0. The van der Waals surface area contributed by atoms with Crippen LogP contribution in [0.4, 0.5) is 0 Å². The highest BCUT2D eigenvalue weighted by Crippen LogP contribution is 2.35. The molecular formula is C14H20ClN. The van der Waals surface area contributed by atoms with E-state index < -0.39 is 0 Å². The molecule has 1 N–H and O–H groups in total. The Morgan fingerprint density at radius 1 is 1.38 bits per heavy atom. The van der Waals surface area contributed by atoms with E-state index in [1.54, 1.807) is 0 Å². The molecule has 0 atom stereocenters. The molecule has 1 nitrogen and oxygen atoms in total. The first-order valence-electron chi connectivity index (χ1n) is 6.15. The van der Waals surface area contributed by atoms with E-state index in [9.17, 15) is 0 Å². The zero-order valence-corrected chi connectivity index (χ0v) is 10.9. The fourth-order valence-electron chi connectivity index (χ4n) is 2.40. The van der Waals surface area contributed by atoms with Gasteiger partial charge in [-0.1, -0.05) is 24.6 Å². The van der Waals surface area contributed by atoms with Crippen LogP contribution in [0.3, 0.4) is 0 Å². The van der Waals surface area contributed by atoms with Gasteiger partial charge in [-0.15, -0.1) is 0 Å². The third kappa shape index (κ3) is 2.41. The van der Waals surface area contributed by atoms with Crippen LogP contribution in [0.2, 0.25) is 5.02 Å². The highest BCUT2D eigenvalue weighted by Gasteiger charge is 2.34. The van der Waals surface area contributed by atoms with E-state index in [0.29, 0.717) is 5.54 Å². The van der Waals surface area contributed by atoms with Gasteiger partial charge in [-0.3, -0.25) is 0 Å². The van der Waals surface area contributed by atoms with E-state index in [0.717, 1.165) is 11.6 Å². The Kier molecular flexibility index (Phi) is 3.56. The molecule has 0 aromatic heterocycles. The molecule has 88 valence electrons. The summed E-state index contributed by atoms with van der Waals surface area (Å²) in [5.74, 6) is 0. The minimum atomic E-state index is 0.423. The minimum absolute atomic E-state index is 0.423. The lowest BCUT2D eigenvalue weighted by molar-refractivity contribution is 0.175. The highest BCUT2D eigenvalue weighted by molar-refractivity contribution is 6.30. The van der Waals surface area contributed by atoms with Gasteiger partial charge < -0.3 is 5.32 Å². The van der Waals surface area contributed by atoms with Crippen LogP contribution in [-0.4, -0.2) is 5.54 Å². The summed E-state index contributed by atoms with van der Waals surface area (Å²) in [4.78, 5) is 0. The lowest BCUT2D eigenvalue weighted by atomic mass is 9.75. The van der Waals surface area contributed by atoms with E-state index in [1.807, 2.05) is 12.1 Å². The Morgan fingerprint density at radius 3 is 2.62 bits per heavy atom. The maximum atomic E-state index is 5.95. The van der Waals surface area contributed by atoms with E-state index in [-0.39, 0.29) is 0 Å². The predicted octanol–water partition coefficient (Wildman–Crippen LogP) is 4.07. The second-order valence-electron chi connectivity index (χ2n) is 4.91. The monoisotopic (exact) mass is 237 g/mol. The van der Waals surface area contributed by atoms with E-state index in [4.69, 9.17) is 11.6 Å². The minimum Gasteiger partial charge on any atom is -0.307 e. The van der Waals surface area contributed by atoms with Gasteiger partial charge in [-0.2, -0.15) is 0 Å². The van der Waals surface area contributed by atoms with Gasteiger partial charge in [0.25, 0.3) is 0 Å². The Balaban J connectivity index is 1.99. The maximum Gasteiger partial charge on any atom is 0.0408 e. The molecule has 1 aliphatic carbocycles. The van der Waals surface area contributed by atoms with Crippen molar-refractivity contribution in [2.24, 2.45) is 0 Å². The summed E-state index contributed by atoms with van der Waals surface area (Å²) in [6.07, 6.45) is 5.27. The van der Waals surface area contributed by atoms with Gasteiger partial charge in [0.05, 0.1) is 0 Å². The molecule has 0 aliphatic heterocycles. The molecule has 2 rings (SSSR count). The number of nitrogens with one attached hydrogen (secondary N) is 1. The van der Waals surface area contributed by atoms with Crippen molar-refractivity contribution < 1.29 is 0 Å². The van der Waals surface area contributed by atoms with Crippen LogP contribution in [-0.2, 0) is 6.54 Å². The van der Waals surface area contributed by atoms with Gasteiger partial charge in [-0.25, -0.2) is 0 Å². The van der Waals surface area contributed by atoms with Crippen LogP contribution in [0, 0.1) is 6.92 Å². The molecule has 1 fully saturated rings. The topological polar surface area (TPSA) is 12.0 Å². The van der Waals surface area contributed by atoms with Crippen molar-refractivity contribution in [3.05, 3.63) is 34.3 Å². The molecule has 0 bridgehead atoms. The SMILES string of the molecule is CCC1(NCc2ccc(Cl)cc2C)CCC1. The third-order valence-corrected chi connectivity index (χ3v) is 4.18. The molecule has 16 heavy (non-hydrogen) atoms. The van der Waals surface area contributed by atoms with Crippen molar-refractivity contribution in [3.8, 4) is 0 Å². The first-order chi connectivity index (χ1) is 7.65. The summed E-state index contributed by atoms with van der Waals surface area (Å²) in [5.41, 5.74) is 3.07. The van der Waals surface area contributed by atoms with Crippen molar-refractivity contribution in [2.75, 3.05) is 0 Å². The Labute approximate surface area is 103 Å². The van der Waals surface area contributed by atoms with Gasteiger partial charge in [0, 0.05) is 17.1 Å². The number of rotatable bonds is 4. The number of halogens is 1. The summed E-state index contributed by atoms with van der Waals surface area (Å²) in [5, 5.41) is 4.54. The molecule has 0 unspecified atom stereocenters. The van der Waals surface area contributed by atoms with Gasteiger partial charge in [0.15, 0.2) is 0 Å². The average molecular weight is 238 g/mol. The number of hydrogen-bond acceptors (Lipinski definition) is 1. The largest absolute Gasteiger partial charge is 0.307 e. The maximum absolute atomic E-state index is 5.95. The molecule has 1 aromatic carbocycles. The second-order valence-corrected chi connectivity index (χ2v) is 5.35. The molecule has 1 saturated carbocycles. The zero-order chi connectivity index (χ0) is 11.6. The molecule has 1 aliphatic rings. The molecule has 0 amide bonds. The van der Waals surface area contributed by atoms with Crippen LogP contribution in [0.5, 0.6) is 0 Å². The Hall–Kier alpha value is -0.530. The average Bonchev–Trinajstić information content (AvgIpc) is 2.19. The molecule has 0 radical (unpaired) electrons. The van der Waals surface area contributed by atoms with Crippen LogP contribution < -0.4 is 5.32 Å². The second kappa shape index (κ2) is 4.77. The number of benzene rings is 1. The van der Waals surface area contributed by atoms with Crippen LogP contribution in [0.1, 0.15) is 43.7 Å². The summed E-state index contributed by atoms with van der Waals surface area (Å²) in [7, 11) is 0. The standard InChI is InChI=1S/C14H20ClN/c1-3-14(7-4-8-14)16-10-12-5-6-13(15)9-11(12)2/h5-6,9,16H,3-4,7-8,10H2,1-2H3. The lowest BCUT2D eigenvalue weighted by Gasteiger charge is -2.42. The van der Waals surface area contributed by atoms with Crippen molar-refractivity contribution in [1.29, 1.82) is 0 Å². The van der Waals surface area contributed by atoms with Gasteiger partial charge in [0.2, 0.25) is 0 Å². The first kappa shape index (κ1) is 11.9. The molecule has 0 heterocycles. The summed E-state index contributed by atoms with van der Waals surface area (Å²) in [6.45, 7) is 5.38. The summed E-state index contributed by atoms with van der Waals surface area (Å²) in [6, 6.07) is 6.15. The van der Waals surface area contributed by atoms with Crippen molar-refractivity contribution in [1.82, 2.24) is 5.32 Å². The number of aryl methyl sites for hydroxylation is 1. The quantitative estimate of drug-likeness (QED) is 0.833. The molecule has 0 saturated heterocycles. The van der Waals surface area contributed by atoms with E-state index in [1.165, 1.54) is 36.8 Å². The van der Waals surface area contributed by atoms with Gasteiger partial charge in [-0.05, 0) is 55.9 Å². The predicted molar refractivity (Wildman–Crippen MR) is 69.9 cm³/mol. The van der Waals surface area contributed by atoms with E-state index in [2.05, 4.69) is 25.2 Å². The molecule has 2 heteroatoms. The molecule has 0 spiro atoms. The van der Waals surface area contributed by atoms with Gasteiger partial charge in [0.1, 0.15) is 0 Å². The zero-order valence-electron chi connectivity index (χ0n) is 10.1. The van der Waals surface area contributed by atoms with Gasteiger partial charge >= 0.3 is 0 Å². The number of hydrogen-bond donors (Lipinski definition) is 1. The Bertz CT molecular complexity index is 363. The van der Waals surface area contributed by atoms with Crippen LogP contribution in [0.15, 0.2) is 18.2 Å². The Morgan fingerprint density at radius 2 is 2.12 bits per heavy atom. The van der Waals surface area contributed by atoms with Crippen molar-refractivity contribution in [2.45, 2.75) is 51.6 Å². The molecular weight excluding hydrogens is 218 g/mol. The smallest absolute Gasteiger partial charge is 0.0408 e. The normalized spacial score (nSPS) is 18.2. The van der Waals surface area contributed by atoms with Crippen molar-refractivity contribution in [3.63, 3.8) is 0 Å². The fraction of sp³-hybridized carbons (Fsp3) is 0.571. The highest BCUT2D eigenvalue weighted by atomic mass is 35.5. The third-order valence-electron chi connectivity index (χ3n) is 3.95. The lowest BCUT2D eigenvalue weighted by Crippen LogP contribution is -2.49. The van der Waals surface area contributed by atoms with Crippen LogP contribution >= 0.6 is 11.6 Å². The molecule has 1 aromatic rings. The first-order valence-corrected chi connectivity index (χ1v) is 6.53. The van der Waals surface area contributed by atoms with E-state index >= 15 is 0 Å². The summed E-state index contributed by atoms with van der Waals surface area (Å²) >= 11 is 5.95. The fourth-order valence-corrected chi connectivity index (χ4v) is 2.63.